The number of aryl methyl sites for hydroxylation is 1. The number of imidazole rings is 1. The van der Waals surface area contributed by atoms with E-state index in [1.165, 1.54) is 41.8 Å². The van der Waals surface area contributed by atoms with Gasteiger partial charge in [-0.15, -0.1) is 11.3 Å². The van der Waals surface area contributed by atoms with Gasteiger partial charge in [0.1, 0.15) is 34.7 Å². The van der Waals surface area contributed by atoms with Crippen molar-refractivity contribution in [2.24, 2.45) is 17.6 Å². The number of thiazole rings is 1. The van der Waals surface area contributed by atoms with E-state index < -0.39 is 41.7 Å². The Labute approximate surface area is 220 Å². The van der Waals surface area contributed by atoms with Gasteiger partial charge in [0, 0.05) is 24.1 Å². The minimum absolute atomic E-state index is 0.0481. The topological polar surface area (TPSA) is 179 Å². The van der Waals surface area contributed by atoms with Crippen molar-refractivity contribution in [3.05, 3.63) is 58.4 Å². The number of nitrogens with two attached hydrogens (primary N) is 1. The number of aliphatic hydroxyl groups excluding tert-OH is 1. The first-order chi connectivity index (χ1) is 18.0. The van der Waals surface area contributed by atoms with Crippen LogP contribution in [0.5, 0.6) is 0 Å². The molecule has 3 aromatic rings. The second-order valence-corrected chi connectivity index (χ2v) is 10.6. The average molecular weight is 541 g/mol. The molecular weight excluding hydrogens is 514 g/mol. The van der Waals surface area contributed by atoms with Gasteiger partial charge in [-0.05, 0) is 19.5 Å². The van der Waals surface area contributed by atoms with Crippen LogP contribution in [-0.2, 0) is 16.1 Å². The van der Waals surface area contributed by atoms with E-state index in [9.17, 15) is 34.5 Å². The van der Waals surface area contributed by atoms with Crippen molar-refractivity contribution >= 4 is 45.4 Å². The largest absolute Gasteiger partial charge is 0.477 e. The van der Waals surface area contributed by atoms with E-state index in [2.05, 4.69) is 4.98 Å². The fraction of sp³-hybridized carbons (Fsp3) is 0.360. The van der Waals surface area contributed by atoms with Crippen molar-refractivity contribution in [2.45, 2.75) is 39.0 Å². The zero-order valence-electron chi connectivity index (χ0n) is 20.6. The predicted molar refractivity (Wildman–Crippen MR) is 133 cm³/mol. The Balaban J connectivity index is 1.55. The summed E-state index contributed by atoms with van der Waals surface area (Å²) in [6.45, 7) is 4.18. The Morgan fingerprint density at radius 3 is 2.55 bits per heavy atom. The third kappa shape index (κ3) is 3.90. The zero-order valence-corrected chi connectivity index (χ0v) is 21.4. The van der Waals surface area contributed by atoms with E-state index in [0.29, 0.717) is 34.8 Å². The summed E-state index contributed by atoms with van der Waals surface area (Å²) in [5, 5.41) is 29.6. The highest BCUT2D eigenvalue weighted by atomic mass is 32.1. The number of hydrogen-bond acceptors (Lipinski definition) is 8. The fourth-order valence-corrected chi connectivity index (χ4v) is 6.61. The minimum Gasteiger partial charge on any atom is -0.477 e. The van der Waals surface area contributed by atoms with Gasteiger partial charge < -0.3 is 26.0 Å². The molecule has 0 unspecified atom stereocenters. The molecule has 5 N–H and O–H groups in total. The zero-order chi connectivity index (χ0) is 27.5. The number of aromatic carboxylic acids is 1. The van der Waals surface area contributed by atoms with E-state index in [1.54, 1.807) is 21.4 Å². The van der Waals surface area contributed by atoms with Gasteiger partial charge in [0.2, 0.25) is 11.7 Å². The number of carboxylic acids is 2. The maximum Gasteiger partial charge on any atom is 0.352 e. The highest BCUT2D eigenvalue weighted by Gasteiger charge is 2.60. The van der Waals surface area contributed by atoms with Gasteiger partial charge in [0.25, 0.3) is 0 Å². The molecule has 0 saturated carbocycles. The first kappa shape index (κ1) is 25.7. The van der Waals surface area contributed by atoms with Crippen LogP contribution in [0.15, 0.2) is 36.7 Å². The predicted octanol–water partition coefficient (Wildman–Crippen LogP) is 0.615. The number of carbonyl (C=O) groups is 4. The van der Waals surface area contributed by atoms with Crippen molar-refractivity contribution < 1.29 is 39.1 Å². The molecule has 1 fully saturated rings. The molecule has 1 amide bonds. The van der Waals surface area contributed by atoms with Crippen LogP contribution in [0.4, 0.5) is 0 Å². The van der Waals surface area contributed by atoms with E-state index in [4.69, 9.17) is 5.73 Å². The van der Waals surface area contributed by atoms with Crippen LogP contribution in [-0.4, -0.2) is 71.9 Å². The number of pyridine rings is 1. The number of carboxylic acid groups (broad SMARTS) is 2. The van der Waals surface area contributed by atoms with Gasteiger partial charge in [-0.3, -0.25) is 14.0 Å². The first-order valence-electron chi connectivity index (χ1n) is 12.0. The molecule has 3 aromatic heterocycles. The molecule has 13 heteroatoms. The summed E-state index contributed by atoms with van der Waals surface area (Å²) in [7, 11) is 0. The number of aromatic nitrogens is 3. The molecule has 2 aliphatic rings. The Bertz CT molecular complexity index is 1540. The van der Waals surface area contributed by atoms with Crippen LogP contribution in [0.2, 0.25) is 0 Å². The van der Waals surface area contributed by atoms with Crippen LogP contribution >= 0.6 is 11.3 Å². The first-order valence-corrected chi connectivity index (χ1v) is 12.8. The number of nitrogens with zero attached hydrogens (tertiary/aromatic N) is 4. The third-order valence-electron chi connectivity index (χ3n) is 7.12. The molecule has 5 rings (SSSR count). The molecule has 0 bridgehead atoms. The van der Waals surface area contributed by atoms with Crippen molar-refractivity contribution in [3.63, 3.8) is 0 Å². The Morgan fingerprint density at radius 1 is 1.21 bits per heavy atom. The Hall–Kier alpha value is -3.94. The van der Waals surface area contributed by atoms with Crippen LogP contribution < -0.4 is 10.3 Å². The lowest BCUT2D eigenvalue weighted by molar-refractivity contribution is -0.697. The quantitative estimate of drug-likeness (QED) is 0.172. The second kappa shape index (κ2) is 9.42. The van der Waals surface area contributed by atoms with E-state index in [0.717, 1.165) is 0 Å². The number of aliphatic hydroxyl groups is 1. The number of β-lactam (4-membered cyclic amide) rings is 1. The number of amides is 1. The van der Waals surface area contributed by atoms with Crippen LogP contribution in [0, 0.1) is 11.8 Å². The third-order valence-corrected chi connectivity index (χ3v) is 8.26. The van der Waals surface area contributed by atoms with Gasteiger partial charge >= 0.3 is 11.9 Å². The fourth-order valence-electron chi connectivity index (χ4n) is 5.39. The maximum atomic E-state index is 13.5. The van der Waals surface area contributed by atoms with Crippen molar-refractivity contribution in [2.75, 3.05) is 6.54 Å². The monoisotopic (exact) mass is 540 g/mol. The maximum absolute atomic E-state index is 13.5. The number of ketones is 1. The molecule has 4 atom stereocenters. The molecule has 2 aliphatic heterocycles. The molecule has 12 nitrogen and oxygen atoms in total. The number of carbonyl (C=O) groups excluding carboxylic acids is 2. The summed E-state index contributed by atoms with van der Waals surface area (Å²) in [4.78, 5) is 56.5. The molecule has 38 heavy (non-hydrogen) atoms. The number of fused-ring (bicyclic) bond motifs is 2. The van der Waals surface area contributed by atoms with Gasteiger partial charge in [-0.2, -0.15) is 0 Å². The lowest BCUT2D eigenvalue weighted by Crippen LogP contribution is -2.63. The van der Waals surface area contributed by atoms with Crippen molar-refractivity contribution in [3.8, 4) is 0 Å². The van der Waals surface area contributed by atoms with E-state index >= 15 is 0 Å². The number of hydrogen-bond donors (Lipinski definition) is 4. The van der Waals surface area contributed by atoms with Crippen LogP contribution in [0.1, 0.15) is 51.6 Å². The smallest absolute Gasteiger partial charge is 0.352 e. The summed E-state index contributed by atoms with van der Waals surface area (Å²) < 4.78 is 3.22. The standard InChI is InChI=1S/C25H25N5O7S/c1-11-16(20(25(36)37)30-19(11)17(12(2)31)22(30)33)15-9-29-10-27-18(23(29)38-15)21(32)13-6-14(24(34)35)8-28(7-13)5-3-4-26/h6-12,17,19,31H,3-5,26H2,1-2H3,(H-,34,35,36,37)/p+1/t11-,12+,17+,19+/m0/s1. The molecule has 0 aromatic carbocycles. The molecule has 0 spiro atoms. The summed E-state index contributed by atoms with van der Waals surface area (Å²) in [5.41, 5.74) is 6.10. The minimum atomic E-state index is -1.24. The van der Waals surface area contributed by atoms with E-state index in [-0.39, 0.29) is 28.4 Å². The molecule has 1 saturated heterocycles. The molecular formula is C25H26N5O7S+. The number of aliphatic carboxylic acids is 1. The van der Waals surface area contributed by atoms with Crippen LogP contribution in [0.25, 0.3) is 10.4 Å². The van der Waals surface area contributed by atoms with Gasteiger partial charge in [-0.1, -0.05) is 6.92 Å². The molecule has 5 heterocycles. The highest BCUT2D eigenvalue weighted by molar-refractivity contribution is 7.18. The Morgan fingerprint density at radius 2 is 1.92 bits per heavy atom. The molecule has 0 aliphatic carbocycles. The summed E-state index contributed by atoms with van der Waals surface area (Å²) in [5.74, 6) is -4.37. The summed E-state index contributed by atoms with van der Waals surface area (Å²) in [6, 6.07) is 0.826. The summed E-state index contributed by atoms with van der Waals surface area (Å²) in [6.07, 6.45) is 5.78. The van der Waals surface area contributed by atoms with Crippen molar-refractivity contribution in [1.82, 2.24) is 14.3 Å². The molecule has 198 valence electrons. The van der Waals surface area contributed by atoms with Crippen molar-refractivity contribution in [1.29, 1.82) is 0 Å². The molecule has 0 radical (unpaired) electrons. The van der Waals surface area contributed by atoms with Gasteiger partial charge in [0.15, 0.2) is 12.4 Å². The lowest BCUT2D eigenvalue weighted by atomic mass is 9.77. The van der Waals surface area contributed by atoms with E-state index in [1.807, 2.05) is 6.92 Å². The Kier molecular flexibility index (Phi) is 6.37. The number of rotatable bonds is 9. The second-order valence-electron chi connectivity index (χ2n) is 9.55. The summed E-state index contributed by atoms with van der Waals surface area (Å²) >= 11 is 1.17. The normalized spacial score (nSPS) is 21.5. The lowest BCUT2D eigenvalue weighted by Gasteiger charge is -2.46. The van der Waals surface area contributed by atoms with Gasteiger partial charge in [-0.25, -0.2) is 19.1 Å². The van der Waals surface area contributed by atoms with Crippen LogP contribution in [0.3, 0.4) is 0 Å². The highest BCUT2D eigenvalue weighted by Crippen LogP contribution is 2.51. The van der Waals surface area contributed by atoms with Gasteiger partial charge in [0.05, 0.1) is 28.5 Å². The average Bonchev–Trinajstić information content (AvgIpc) is 3.51. The SMILES string of the molecule is C[C@@H](O)[C@H]1C(=O)N2C(C(=O)O)=C(c3cn4cnc(C(=O)c5cc(C(=O)O)c[n+](CCCN)c5)c4s3)[C@H](C)[C@H]12.